The largest absolute Gasteiger partial charge is 0.394 e. The van der Waals surface area contributed by atoms with Crippen molar-refractivity contribution in [3.8, 4) is 0 Å². The van der Waals surface area contributed by atoms with Crippen molar-refractivity contribution in [2.75, 3.05) is 11.9 Å². The van der Waals surface area contributed by atoms with Gasteiger partial charge in [-0.2, -0.15) is 5.10 Å². The summed E-state index contributed by atoms with van der Waals surface area (Å²) in [5.74, 6) is 0. The Labute approximate surface area is 107 Å². The molecule has 0 radical (unpaired) electrons. The number of hydrogen-bond donors (Lipinski definition) is 2. The van der Waals surface area contributed by atoms with Crippen LogP contribution in [0.3, 0.4) is 0 Å². The van der Waals surface area contributed by atoms with Crippen molar-refractivity contribution in [1.82, 2.24) is 9.78 Å². The van der Waals surface area contributed by atoms with E-state index in [1.54, 1.807) is 4.68 Å². The van der Waals surface area contributed by atoms with Crippen LogP contribution in [0.4, 0.5) is 5.69 Å². The molecule has 2 N–H and O–H groups in total. The first kappa shape index (κ1) is 12.6. The van der Waals surface area contributed by atoms with Crippen LogP contribution in [-0.2, 0) is 19.5 Å². The summed E-state index contributed by atoms with van der Waals surface area (Å²) in [6, 6.07) is 8.33. The summed E-state index contributed by atoms with van der Waals surface area (Å²) in [5, 5.41) is 16.4. The van der Waals surface area contributed by atoms with Crippen LogP contribution in [0, 0.1) is 0 Å². The van der Waals surface area contributed by atoms with Crippen LogP contribution in [0.2, 0.25) is 0 Å². The molecule has 4 heteroatoms. The van der Waals surface area contributed by atoms with Crippen LogP contribution in [0.5, 0.6) is 0 Å². The van der Waals surface area contributed by atoms with Gasteiger partial charge in [-0.1, -0.05) is 25.1 Å². The van der Waals surface area contributed by atoms with Gasteiger partial charge < -0.3 is 10.4 Å². The van der Waals surface area contributed by atoms with Gasteiger partial charge in [0.1, 0.15) is 0 Å². The zero-order valence-electron chi connectivity index (χ0n) is 10.6. The zero-order valence-corrected chi connectivity index (χ0v) is 10.6. The number of aliphatic hydroxyl groups is 1. The maximum Gasteiger partial charge on any atom is 0.0640 e. The Morgan fingerprint density at radius 1 is 1.33 bits per heavy atom. The molecular formula is C14H19N3O. The van der Waals surface area contributed by atoms with E-state index < -0.39 is 0 Å². The van der Waals surface area contributed by atoms with Gasteiger partial charge in [-0.15, -0.1) is 0 Å². The van der Waals surface area contributed by atoms with Crippen molar-refractivity contribution in [3.05, 3.63) is 47.8 Å². The average molecular weight is 245 g/mol. The Balaban J connectivity index is 1.97. The van der Waals surface area contributed by atoms with E-state index in [4.69, 9.17) is 5.11 Å². The van der Waals surface area contributed by atoms with Crippen LogP contribution < -0.4 is 5.32 Å². The summed E-state index contributed by atoms with van der Waals surface area (Å²) < 4.78 is 1.75. The Bertz CT molecular complexity index is 493. The second-order valence-electron chi connectivity index (χ2n) is 4.20. The SMILES string of the molecule is CCc1ccccc1NCc1cnn(CCO)c1. The second-order valence-corrected chi connectivity index (χ2v) is 4.20. The van der Waals surface area contributed by atoms with Crippen LogP contribution in [0.15, 0.2) is 36.7 Å². The maximum atomic E-state index is 8.83. The lowest BCUT2D eigenvalue weighted by atomic mass is 10.1. The maximum absolute atomic E-state index is 8.83. The van der Waals surface area contributed by atoms with Crippen LogP contribution >= 0.6 is 0 Å². The minimum absolute atomic E-state index is 0.118. The summed E-state index contributed by atoms with van der Waals surface area (Å²) in [5.41, 5.74) is 3.62. The minimum Gasteiger partial charge on any atom is -0.394 e. The molecule has 4 nitrogen and oxygen atoms in total. The van der Waals surface area contributed by atoms with E-state index in [0.29, 0.717) is 6.54 Å². The van der Waals surface area contributed by atoms with Crippen molar-refractivity contribution in [2.24, 2.45) is 0 Å². The Morgan fingerprint density at radius 2 is 2.17 bits per heavy atom. The third-order valence-electron chi connectivity index (χ3n) is 2.90. The number of aromatic nitrogens is 2. The third kappa shape index (κ3) is 3.11. The molecule has 0 aliphatic heterocycles. The molecular weight excluding hydrogens is 226 g/mol. The predicted molar refractivity (Wildman–Crippen MR) is 72.5 cm³/mol. The molecule has 18 heavy (non-hydrogen) atoms. The highest BCUT2D eigenvalue weighted by molar-refractivity contribution is 5.51. The van der Waals surface area contributed by atoms with E-state index in [1.807, 2.05) is 18.5 Å². The lowest BCUT2D eigenvalue weighted by Gasteiger charge is -2.09. The number of aryl methyl sites for hydroxylation is 1. The van der Waals surface area contributed by atoms with E-state index in [2.05, 4.69) is 35.5 Å². The molecule has 0 bridgehead atoms. The van der Waals surface area contributed by atoms with Gasteiger partial charge >= 0.3 is 0 Å². The predicted octanol–water partition coefficient (Wildman–Crippen LogP) is 2.05. The molecule has 0 amide bonds. The van der Waals surface area contributed by atoms with Gasteiger partial charge in [-0.25, -0.2) is 0 Å². The fourth-order valence-electron chi connectivity index (χ4n) is 1.92. The van der Waals surface area contributed by atoms with E-state index in [-0.39, 0.29) is 6.61 Å². The third-order valence-corrected chi connectivity index (χ3v) is 2.90. The van der Waals surface area contributed by atoms with Gasteiger partial charge in [-0.3, -0.25) is 4.68 Å². The van der Waals surface area contributed by atoms with Gasteiger partial charge in [0.25, 0.3) is 0 Å². The normalized spacial score (nSPS) is 10.6. The standard InChI is InChI=1S/C14H19N3O/c1-2-13-5-3-4-6-14(13)15-9-12-10-16-17(11-12)7-8-18/h3-6,10-11,15,18H,2,7-9H2,1H3. The highest BCUT2D eigenvalue weighted by atomic mass is 16.3. The molecule has 0 atom stereocenters. The summed E-state index contributed by atoms with van der Waals surface area (Å²) in [4.78, 5) is 0. The highest BCUT2D eigenvalue weighted by Crippen LogP contribution is 2.16. The molecule has 0 saturated carbocycles. The highest BCUT2D eigenvalue weighted by Gasteiger charge is 2.01. The zero-order chi connectivity index (χ0) is 12.8. The van der Waals surface area contributed by atoms with Gasteiger partial charge in [0.2, 0.25) is 0 Å². The smallest absolute Gasteiger partial charge is 0.0640 e. The molecule has 0 aliphatic carbocycles. The van der Waals surface area contributed by atoms with Crippen LogP contribution in [-0.4, -0.2) is 21.5 Å². The van der Waals surface area contributed by atoms with E-state index >= 15 is 0 Å². The number of rotatable bonds is 6. The molecule has 0 fully saturated rings. The number of nitrogens with one attached hydrogen (secondary N) is 1. The first-order chi connectivity index (χ1) is 8.83. The summed E-state index contributed by atoms with van der Waals surface area (Å²) in [6.45, 7) is 3.57. The monoisotopic (exact) mass is 245 g/mol. The first-order valence-electron chi connectivity index (χ1n) is 6.27. The summed E-state index contributed by atoms with van der Waals surface area (Å²) in [7, 11) is 0. The number of benzene rings is 1. The molecule has 0 saturated heterocycles. The minimum atomic E-state index is 0.118. The Kier molecular flexibility index (Phi) is 4.36. The summed E-state index contributed by atoms with van der Waals surface area (Å²) >= 11 is 0. The molecule has 0 spiro atoms. The fraction of sp³-hybridized carbons (Fsp3) is 0.357. The molecule has 2 rings (SSSR count). The molecule has 1 heterocycles. The van der Waals surface area contributed by atoms with Crippen molar-refractivity contribution in [2.45, 2.75) is 26.4 Å². The van der Waals surface area contributed by atoms with Crippen molar-refractivity contribution >= 4 is 5.69 Å². The van der Waals surface area contributed by atoms with Crippen molar-refractivity contribution in [3.63, 3.8) is 0 Å². The number of anilines is 1. The number of para-hydroxylation sites is 1. The first-order valence-corrected chi connectivity index (χ1v) is 6.27. The molecule has 2 aromatic rings. The van der Waals surface area contributed by atoms with Gasteiger partial charge in [0.15, 0.2) is 0 Å². The quantitative estimate of drug-likeness (QED) is 0.819. The van der Waals surface area contributed by atoms with Crippen molar-refractivity contribution < 1.29 is 5.11 Å². The Morgan fingerprint density at radius 3 is 2.94 bits per heavy atom. The second kappa shape index (κ2) is 6.21. The summed E-state index contributed by atoms with van der Waals surface area (Å²) in [6.07, 6.45) is 4.81. The van der Waals surface area contributed by atoms with Gasteiger partial charge in [-0.05, 0) is 18.1 Å². The number of hydrogen-bond acceptors (Lipinski definition) is 3. The topological polar surface area (TPSA) is 50.1 Å². The molecule has 1 aromatic carbocycles. The molecule has 0 aliphatic rings. The van der Waals surface area contributed by atoms with E-state index in [1.165, 1.54) is 11.3 Å². The lowest BCUT2D eigenvalue weighted by Crippen LogP contribution is -2.03. The molecule has 0 unspecified atom stereocenters. The van der Waals surface area contributed by atoms with E-state index in [0.717, 1.165) is 18.5 Å². The number of nitrogens with zero attached hydrogens (tertiary/aromatic N) is 2. The van der Waals surface area contributed by atoms with Crippen LogP contribution in [0.1, 0.15) is 18.1 Å². The van der Waals surface area contributed by atoms with Crippen LogP contribution in [0.25, 0.3) is 0 Å². The van der Waals surface area contributed by atoms with Gasteiger partial charge in [0, 0.05) is 24.0 Å². The Hall–Kier alpha value is -1.81. The average Bonchev–Trinajstić information content (AvgIpc) is 2.85. The lowest BCUT2D eigenvalue weighted by molar-refractivity contribution is 0.269. The van der Waals surface area contributed by atoms with Gasteiger partial charge in [0.05, 0.1) is 19.3 Å². The number of aliphatic hydroxyl groups excluding tert-OH is 1. The van der Waals surface area contributed by atoms with Crippen molar-refractivity contribution in [1.29, 1.82) is 0 Å². The molecule has 1 aromatic heterocycles. The molecule has 96 valence electrons. The fourth-order valence-corrected chi connectivity index (χ4v) is 1.92. The van der Waals surface area contributed by atoms with E-state index in [9.17, 15) is 0 Å².